The Kier molecular flexibility index (Phi) is 11.8. The van der Waals surface area contributed by atoms with E-state index in [1.807, 2.05) is 60.7 Å². The lowest BCUT2D eigenvalue weighted by Crippen LogP contribution is -2.28. The molecule has 1 aliphatic rings. The molecule has 0 amide bonds. The lowest BCUT2D eigenvalue weighted by Gasteiger charge is -2.37. The van der Waals surface area contributed by atoms with Crippen molar-refractivity contribution in [3.8, 4) is 23.0 Å². The number of aliphatic hydroxyl groups excluding tert-OH is 4. The fourth-order valence-electron chi connectivity index (χ4n) is 7.60. The zero-order valence-corrected chi connectivity index (χ0v) is 28.8. The van der Waals surface area contributed by atoms with Crippen molar-refractivity contribution in [2.24, 2.45) is 0 Å². The monoisotopic (exact) mass is 680 g/mol. The van der Waals surface area contributed by atoms with E-state index in [0.717, 1.165) is 38.2 Å². The Morgan fingerprint density at radius 1 is 0.540 bits per heavy atom. The molecule has 0 heterocycles. The van der Waals surface area contributed by atoms with Crippen molar-refractivity contribution in [2.45, 2.75) is 50.4 Å². The van der Waals surface area contributed by atoms with Gasteiger partial charge in [-0.25, -0.2) is 0 Å². The van der Waals surface area contributed by atoms with E-state index >= 15 is 0 Å². The number of fused-ring (bicyclic) bond motifs is 2. The first-order valence-electron chi connectivity index (χ1n) is 17.7. The molecule has 0 aromatic heterocycles. The largest absolute Gasteiger partial charge is 0.491 e. The van der Waals surface area contributed by atoms with Crippen LogP contribution in [0.5, 0.6) is 23.0 Å². The normalized spacial score (nSPS) is 13.9. The van der Waals surface area contributed by atoms with Crippen LogP contribution >= 0.6 is 0 Å². The zero-order valence-electron chi connectivity index (χ0n) is 28.8. The van der Waals surface area contributed by atoms with Crippen LogP contribution in [-0.4, -0.2) is 73.3 Å². The average molecular weight is 681 g/mol. The van der Waals surface area contributed by atoms with E-state index in [1.165, 1.54) is 37.7 Å². The topological polar surface area (TPSA) is 118 Å². The Labute approximate surface area is 293 Å². The highest BCUT2D eigenvalue weighted by atomic mass is 16.5. The summed E-state index contributed by atoms with van der Waals surface area (Å²) in [6.45, 7) is 2.33. The molecule has 0 aliphatic heterocycles. The maximum atomic E-state index is 9.88. The van der Waals surface area contributed by atoms with E-state index in [-0.39, 0.29) is 52.9 Å². The number of benzene rings is 5. The van der Waals surface area contributed by atoms with E-state index in [2.05, 4.69) is 31.2 Å². The molecular formula is C42H48O8. The van der Waals surface area contributed by atoms with E-state index in [1.54, 1.807) is 0 Å². The molecule has 0 atom stereocenters. The standard InChI is InChI=1S/C42H48O8/c1-42(33-11-7-30(8-12-33)29-5-3-2-4-6-29,40-36-15-13-34(47-23-19-43)27-31(36)9-17-38(40)49-25-21-45)41-37-16-14-35(48-24-20-44)28-32(37)10-18-39(41)50-26-22-46/h7-18,27-29,43-46H,2-6,19-26H2,1H3. The Morgan fingerprint density at radius 3 is 1.46 bits per heavy atom. The van der Waals surface area contributed by atoms with Crippen LogP contribution in [0.3, 0.4) is 0 Å². The molecule has 1 fully saturated rings. The van der Waals surface area contributed by atoms with Gasteiger partial charge in [-0.2, -0.15) is 0 Å². The van der Waals surface area contributed by atoms with Gasteiger partial charge in [0.05, 0.1) is 31.8 Å². The van der Waals surface area contributed by atoms with Gasteiger partial charge >= 0.3 is 0 Å². The number of rotatable bonds is 16. The highest BCUT2D eigenvalue weighted by molar-refractivity contribution is 5.96. The third-order valence-corrected chi connectivity index (χ3v) is 9.89. The van der Waals surface area contributed by atoms with E-state index in [9.17, 15) is 20.4 Å². The van der Waals surface area contributed by atoms with Gasteiger partial charge in [-0.05, 0) is 94.8 Å². The third kappa shape index (κ3) is 7.39. The number of hydrogen-bond acceptors (Lipinski definition) is 8. The molecule has 5 aromatic rings. The minimum Gasteiger partial charge on any atom is -0.491 e. The minimum atomic E-state index is -0.888. The van der Waals surface area contributed by atoms with Crippen molar-refractivity contribution < 1.29 is 39.4 Å². The van der Waals surface area contributed by atoms with Crippen molar-refractivity contribution in [3.63, 3.8) is 0 Å². The SMILES string of the molecule is CC(c1ccc(C2CCCCC2)cc1)(c1c(OCCO)ccc2cc(OCCO)ccc12)c1c(OCCO)ccc2cc(OCCO)ccc12. The van der Waals surface area contributed by atoms with Crippen LogP contribution in [0.2, 0.25) is 0 Å². The van der Waals surface area contributed by atoms with Gasteiger partial charge in [0, 0.05) is 11.1 Å². The van der Waals surface area contributed by atoms with Gasteiger partial charge in [0.25, 0.3) is 0 Å². The van der Waals surface area contributed by atoms with E-state index < -0.39 is 5.41 Å². The van der Waals surface area contributed by atoms with Crippen LogP contribution in [0.25, 0.3) is 21.5 Å². The maximum Gasteiger partial charge on any atom is 0.124 e. The highest BCUT2D eigenvalue weighted by Gasteiger charge is 2.40. The Hall–Kier alpha value is -4.34. The van der Waals surface area contributed by atoms with Crippen molar-refractivity contribution >= 4 is 21.5 Å². The molecule has 6 rings (SSSR count). The summed E-state index contributed by atoms with van der Waals surface area (Å²) in [5.74, 6) is 3.09. The first-order chi connectivity index (χ1) is 24.5. The van der Waals surface area contributed by atoms with Crippen molar-refractivity contribution in [2.75, 3.05) is 52.9 Å². The summed E-state index contributed by atoms with van der Waals surface area (Å²) in [5.41, 5.74) is 3.27. The molecule has 5 aromatic carbocycles. The molecule has 0 bridgehead atoms. The van der Waals surface area contributed by atoms with Crippen LogP contribution in [-0.2, 0) is 5.41 Å². The Morgan fingerprint density at radius 2 is 1.00 bits per heavy atom. The average Bonchev–Trinajstić information content (AvgIpc) is 3.17. The van der Waals surface area contributed by atoms with E-state index in [0.29, 0.717) is 28.9 Å². The molecule has 8 nitrogen and oxygen atoms in total. The summed E-state index contributed by atoms with van der Waals surface area (Å²) >= 11 is 0. The van der Waals surface area contributed by atoms with Crippen LogP contribution < -0.4 is 18.9 Å². The number of hydrogen-bond donors (Lipinski definition) is 4. The van der Waals surface area contributed by atoms with Crippen LogP contribution in [0.15, 0.2) is 84.9 Å². The van der Waals surface area contributed by atoms with Crippen molar-refractivity contribution in [1.82, 2.24) is 0 Å². The van der Waals surface area contributed by atoms with Crippen molar-refractivity contribution in [3.05, 3.63) is 107 Å². The second kappa shape index (κ2) is 16.6. The molecule has 50 heavy (non-hydrogen) atoms. The predicted octanol–water partition coefficient (Wildman–Crippen LogP) is 6.88. The molecule has 1 saturated carbocycles. The van der Waals surface area contributed by atoms with Gasteiger partial charge < -0.3 is 39.4 Å². The van der Waals surface area contributed by atoms with Crippen molar-refractivity contribution in [1.29, 1.82) is 0 Å². The fraction of sp³-hybridized carbons (Fsp3) is 0.381. The fourth-order valence-corrected chi connectivity index (χ4v) is 7.60. The van der Waals surface area contributed by atoms with Gasteiger partial charge in [-0.1, -0.05) is 67.8 Å². The smallest absolute Gasteiger partial charge is 0.124 e. The summed E-state index contributed by atoms with van der Waals surface area (Å²) in [6, 6.07) is 28.6. The molecule has 0 saturated heterocycles. The van der Waals surface area contributed by atoms with Gasteiger partial charge in [-0.3, -0.25) is 0 Å². The van der Waals surface area contributed by atoms with Gasteiger partial charge in [0.15, 0.2) is 0 Å². The predicted molar refractivity (Wildman–Crippen MR) is 196 cm³/mol. The third-order valence-electron chi connectivity index (χ3n) is 9.89. The first kappa shape index (κ1) is 35.5. The molecule has 0 spiro atoms. The molecule has 1 aliphatic carbocycles. The first-order valence-corrected chi connectivity index (χ1v) is 17.7. The summed E-state index contributed by atoms with van der Waals surface area (Å²) in [6.07, 6.45) is 6.19. The van der Waals surface area contributed by atoms with Gasteiger partial charge in [-0.15, -0.1) is 0 Å². The molecular weight excluding hydrogens is 632 g/mol. The summed E-state index contributed by atoms with van der Waals surface area (Å²) in [7, 11) is 0. The van der Waals surface area contributed by atoms with E-state index in [4.69, 9.17) is 18.9 Å². The van der Waals surface area contributed by atoms with Crippen LogP contribution in [0.1, 0.15) is 67.2 Å². The minimum absolute atomic E-state index is 0.0867. The number of ether oxygens (including phenoxy) is 4. The maximum absolute atomic E-state index is 9.88. The summed E-state index contributed by atoms with van der Waals surface area (Å²) in [4.78, 5) is 0. The second-order valence-electron chi connectivity index (χ2n) is 13.0. The van der Waals surface area contributed by atoms with Gasteiger partial charge in [0.1, 0.15) is 49.4 Å². The quantitative estimate of drug-likeness (QED) is 0.0834. The Bertz CT molecular complexity index is 1760. The lowest BCUT2D eigenvalue weighted by atomic mass is 9.67. The summed E-state index contributed by atoms with van der Waals surface area (Å²) in [5, 5.41) is 42.3. The zero-order chi connectivity index (χ0) is 34.9. The second-order valence-corrected chi connectivity index (χ2v) is 13.0. The molecule has 4 N–H and O–H groups in total. The van der Waals surface area contributed by atoms with Gasteiger partial charge in [0.2, 0.25) is 0 Å². The van der Waals surface area contributed by atoms with Crippen LogP contribution in [0, 0.1) is 0 Å². The van der Waals surface area contributed by atoms with Crippen LogP contribution in [0.4, 0.5) is 0 Å². The Balaban J connectivity index is 1.66. The molecule has 8 heteroatoms. The number of aliphatic hydroxyl groups is 4. The molecule has 0 unspecified atom stereocenters. The molecule has 0 radical (unpaired) electrons. The lowest BCUT2D eigenvalue weighted by molar-refractivity contribution is 0.197. The highest BCUT2D eigenvalue weighted by Crippen LogP contribution is 2.52. The molecule has 264 valence electrons. The summed E-state index contributed by atoms with van der Waals surface area (Å²) < 4.78 is 24.3.